The standard InChI is InChI=1S/C21H15ClF4N2O4S/c1-32-19-9-7-13(11-18(19)27-20(29)14-4-2-3-5-17(14)23)33(30,31)28-12-6-8-16(22)15(10-12)21(24,25)26/h2-11,28H,1H3,(H,27,29). The van der Waals surface area contributed by atoms with Gasteiger partial charge in [-0.1, -0.05) is 23.7 Å². The molecule has 0 aliphatic carbocycles. The van der Waals surface area contributed by atoms with Crippen molar-refractivity contribution in [1.29, 1.82) is 0 Å². The number of methoxy groups -OCH3 is 1. The lowest BCUT2D eigenvalue weighted by molar-refractivity contribution is -0.137. The molecule has 0 saturated heterocycles. The van der Waals surface area contributed by atoms with Crippen molar-refractivity contribution in [2.75, 3.05) is 17.1 Å². The number of ether oxygens (including phenoxy) is 1. The molecule has 2 N–H and O–H groups in total. The molecule has 0 bridgehead atoms. The van der Waals surface area contributed by atoms with Crippen LogP contribution in [0.25, 0.3) is 0 Å². The molecule has 3 rings (SSSR count). The van der Waals surface area contributed by atoms with Gasteiger partial charge in [0.05, 0.1) is 33.8 Å². The lowest BCUT2D eigenvalue weighted by atomic mass is 10.2. The van der Waals surface area contributed by atoms with E-state index in [4.69, 9.17) is 16.3 Å². The quantitative estimate of drug-likeness (QED) is 0.432. The average molecular weight is 503 g/mol. The summed E-state index contributed by atoms with van der Waals surface area (Å²) in [5, 5.41) is 1.78. The van der Waals surface area contributed by atoms with Gasteiger partial charge in [0.2, 0.25) is 0 Å². The number of carbonyl (C=O) groups excluding carboxylic acids is 1. The third-order valence-corrected chi connectivity index (χ3v) is 6.08. The lowest BCUT2D eigenvalue weighted by Gasteiger charge is -2.15. The van der Waals surface area contributed by atoms with Crippen LogP contribution in [0.4, 0.5) is 28.9 Å². The van der Waals surface area contributed by atoms with Crippen LogP contribution in [-0.4, -0.2) is 21.4 Å². The molecule has 3 aromatic rings. The Morgan fingerprint density at radius 1 is 1.03 bits per heavy atom. The summed E-state index contributed by atoms with van der Waals surface area (Å²) in [6.07, 6.45) is -4.79. The molecule has 0 aliphatic heterocycles. The van der Waals surface area contributed by atoms with Crippen LogP contribution >= 0.6 is 11.6 Å². The van der Waals surface area contributed by atoms with Crippen LogP contribution in [0.2, 0.25) is 5.02 Å². The van der Waals surface area contributed by atoms with Gasteiger partial charge in [0, 0.05) is 5.69 Å². The van der Waals surface area contributed by atoms with E-state index in [-0.39, 0.29) is 22.7 Å². The summed E-state index contributed by atoms with van der Waals surface area (Å²) in [7, 11) is -3.12. The molecule has 12 heteroatoms. The number of carbonyl (C=O) groups is 1. The van der Waals surface area contributed by atoms with E-state index in [0.717, 1.165) is 30.3 Å². The van der Waals surface area contributed by atoms with Crippen LogP contribution in [-0.2, 0) is 16.2 Å². The maximum atomic E-state index is 13.9. The van der Waals surface area contributed by atoms with E-state index in [1.54, 1.807) is 0 Å². The second-order valence-corrected chi connectivity index (χ2v) is 8.68. The van der Waals surface area contributed by atoms with E-state index in [1.807, 2.05) is 4.72 Å². The topological polar surface area (TPSA) is 84.5 Å². The first kappa shape index (κ1) is 24.3. The number of hydrogen-bond acceptors (Lipinski definition) is 4. The van der Waals surface area contributed by atoms with Crippen molar-refractivity contribution in [3.05, 3.63) is 82.6 Å². The molecule has 0 heterocycles. The predicted octanol–water partition coefficient (Wildman–Crippen LogP) is 5.56. The highest BCUT2D eigenvalue weighted by Crippen LogP contribution is 2.37. The Labute approximate surface area is 191 Å². The number of alkyl halides is 3. The third-order valence-electron chi connectivity index (χ3n) is 4.37. The van der Waals surface area contributed by atoms with Crippen LogP contribution in [0, 0.1) is 5.82 Å². The van der Waals surface area contributed by atoms with Gasteiger partial charge in [0.15, 0.2) is 0 Å². The van der Waals surface area contributed by atoms with Gasteiger partial charge in [-0.2, -0.15) is 13.2 Å². The highest BCUT2D eigenvalue weighted by atomic mass is 35.5. The van der Waals surface area contributed by atoms with Gasteiger partial charge < -0.3 is 10.1 Å². The smallest absolute Gasteiger partial charge is 0.417 e. The molecular formula is C21H15ClF4N2O4S. The van der Waals surface area contributed by atoms with Gasteiger partial charge >= 0.3 is 6.18 Å². The van der Waals surface area contributed by atoms with Crippen LogP contribution in [0.15, 0.2) is 65.6 Å². The van der Waals surface area contributed by atoms with E-state index in [1.165, 1.54) is 31.4 Å². The van der Waals surface area contributed by atoms with E-state index in [0.29, 0.717) is 6.07 Å². The maximum Gasteiger partial charge on any atom is 0.417 e. The van der Waals surface area contributed by atoms with Crippen molar-refractivity contribution in [3.8, 4) is 5.75 Å². The second-order valence-electron chi connectivity index (χ2n) is 6.59. The van der Waals surface area contributed by atoms with Crippen molar-refractivity contribution in [2.24, 2.45) is 0 Å². The summed E-state index contributed by atoms with van der Waals surface area (Å²) < 4.78 is 85.8. The van der Waals surface area contributed by atoms with Gasteiger partial charge in [-0.05, 0) is 48.5 Å². The van der Waals surface area contributed by atoms with Crippen molar-refractivity contribution >= 4 is 38.9 Å². The molecule has 0 atom stereocenters. The highest BCUT2D eigenvalue weighted by molar-refractivity contribution is 7.92. The number of rotatable bonds is 6. The van der Waals surface area contributed by atoms with E-state index in [2.05, 4.69) is 5.32 Å². The largest absolute Gasteiger partial charge is 0.495 e. The van der Waals surface area contributed by atoms with E-state index in [9.17, 15) is 30.8 Å². The van der Waals surface area contributed by atoms with Crippen molar-refractivity contribution in [3.63, 3.8) is 0 Å². The Bertz CT molecular complexity index is 1310. The summed E-state index contributed by atoms with van der Waals surface area (Å²) >= 11 is 5.56. The Morgan fingerprint density at radius 3 is 2.36 bits per heavy atom. The van der Waals surface area contributed by atoms with Crippen LogP contribution < -0.4 is 14.8 Å². The van der Waals surface area contributed by atoms with Gasteiger partial charge in [-0.25, -0.2) is 12.8 Å². The number of benzene rings is 3. The number of sulfonamides is 1. The summed E-state index contributed by atoms with van der Waals surface area (Å²) in [4.78, 5) is 12.0. The molecule has 174 valence electrons. The fourth-order valence-electron chi connectivity index (χ4n) is 2.81. The summed E-state index contributed by atoms with van der Waals surface area (Å²) in [6.45, 7) is 0. The number of amides is 1. The van der Waals surface area contributed by atoms with Crippen LogP contribution in [0.1, 0.15) is 15.9 Å². The van der Waals surface area contributed by atoms with Crippen molar-refractivity contribution in [1.82, 2.24) is 0 Å². The zero-order valence-electron chi connectivity index (χ0n) is 16.7. The normalized spacial score (nSPS) is 11.7. The molecule has 0 fully saturated rings. The lowest BCUT2D eigenvalue weighted by Crippen LogP contribution is -2.17. The minimum Gasteiger partial charge on any atom is -0.495 e. The predicted molar refractivity (Wildman–Crippen MR) is 115 cm³/mol. The maximum absolute atomic E-state index is 13.9. The third kappa shape index (κ3) is 5.55. The average Bonchev–Trinajstić information content (AvgIpc) is 2.74. The van der Waals surface area contributed by atoms with Gasteiger partial charge in [0.25, 0.3) is 15.9 Å². The van der Waals surface area contributed by atoms with Crippen LogP contribution in [0.3, 0.4) is 0 Å². The van der Waals surface area contributed by atoms with Gasteiger partial charge in [-0.3, -0.25) is 9.52 Å². The minimum atomic E-state index is -4.79. The summed E-state index contributed by atoms with van der Waals surface area (Å²) in [5.74, 6) is -1.58. The van der Waals surface area contributed by atoms with E-state index >= 15 is 0 Å². The molecule has 1 amide bonds. The molecule has 0 aliphatic rings. The summed E-state index contributed by atoms with van der Waals surface area (Å²) in [5.41, 5.74) is -1.97. The highest BCUT2D eigenvalue weighted by Gasteiger charge is 2.33. The Hall–Kier alpha value is -3.31. The molecule has 0 spiro atoms. The van der Waals surface area contributed by atoms with Gasteiger partial charge in [0.1, 0.15) is 11.6 Å². The number of nitrogens with one attached hydrogen (secondary N) is 2. The molecule has 33 heavy (non-hydrogen) atoms. The molecule has 0 aromatic heterocycles. The number of anilines is 2. The molecular weight excluding hydrogens is 488 g/mol. The molecule has 0 unspecified atom stereocenters. The van der Waals surface area contributed by atoms with Gasteiger partial charge in [-0.15, -0.1) is 0 Å². The number of halogens is 5. The Morgan fingerprint density at radius 2 is 1.73 bits per heavy atom. The zero-order valence-corrected chi connectivity index (χ0v) is 18.3. The van der Waals surface area contributed by atoms with Crippen LogP contribution in [0.5, 0.6) is 5.75 Å². The molecule has 6 nitrogen and oxygen atoms in total. The Balaban J connectivity index is 1.93. The first-order valence-corrected chi connectivity index (χ1v) is 10.9. The van der Waals surface area contributed by atoms with E-state index < -0.39 is 43.4 Å². The fourth-order valence-corrected chi connectivity index (χ4v) is 4.11. The second kappa shape index (κ2) is 9.28. The fraction of sp³-hybridized carbons (Fsp3) is 0.0952. The zero-order chi connectivity index (χ0) is 24.4. The first-order chi connectivity index (χ1) is 15.4. The summed E-state index contributed by atoms with van der Waals surface area (Å²) in [6, 6.07) is 11.1. The first-order valence-electron chi connectivity index (χ1n) is 9.06. The monoisotopic (exact) mass is 502 g/mol. The van der Waals surface area contributed by atoms with Crippen molar-refractivity contribution in [2.45, 2.75) is 11.1 Å². The SMILES string of the molecule is COc1ccc(S(=O)(=O)Nc2ccc(Cl)c(C(F)(F)F)c2)cc1NC(=O)c1ccccc1F. The molecule has 3 aromatic carbocycles. The molecule has 0 radical (unpaired) electrons. The Kier molecular flexibility index (Phi) is 6.84. The van der Waals surface area contributed by atoms with Crippen molar-refractivity contribution < 1.29 is 35.5 Å². The minimum absolute atomic E-state index is 0.0736. The number of hydrogen-bond donors (Lipinski definition) is 2. The molecule has 0 saturated carbocycles.